The summed E-state index contributed by atoms with van der Waals surface area (Å²) in [5, 5.41) is 2.50. The maximum absolute atomic E-state index is 2.40. The van der Waals surface area contributed by atoms with Crippen molar-refractivity contribution in [3.8, 4) is 27.9 Å². The molecule has 0 unspecified atom stereocenters. The minimum Gasteiger partial charge on any atom is -0.314 e. The summed E-state index contributed by atoms with van der Waals surface area (Å²) in [6, 6.07) is 71.0. The molecule has 0 N–H and O–H groups in total. The molecular formula is C68H56N2. The Balaban J connectivity index is 0.981. The first kappa shape index (κ1) is 44.1. The fourth-order valence-corrected chi connectivity index (χ4v) is 10.5. The molecule has 2 nitrogen and oxygen atoms in total. The second-order valence-electron chi connectivity index (χ2n) is 18.3. The van der Waals surface area contributed by atoms with Crippen molar-refractivity contribution in [3.05, 3.63) is 282 Å². The van der Waals surface area contributed by atoms with Crippen LogP contribution in [-0.4, -0.2) is 4.57 Å². The van der Waals surface area contributed by atoms with Crippen molar-refractivity contribution in [3.63, 3.8) is 0 Å². The zero-order chi connectivity index (χ0) is 47.2. The molecule has 2 heteroatoms. The molecule has 0 saturated carbocycles. The number of aromatic nitrogens is 1. The highest BCUT2D eigenvalue weighted by atomic mass is 15.1. The van der Waals surface area contributed by atoms with Crippen molar-refractivity contribution in [1.29, 1.82) is 0 Å². The number of nitrogens with zero attached hydrogens (tertiary/aromatic N) is 2. The van der Waals surface area contributed by atoms with Crippen LogP contribution in [0.2, 0.25) is 0 Å². The second-order valence-corrected chi connectivity index (χ2v) is 18.3. The summed E-state index contributed by atoms with van der Waals surface area (Å²) in [5.74, 6) is 0. The highest BCUT2D eigenvalue weighted by Crippen LogP contribution is 2.41. The van der Waals surface area contributed by atoms with Crippen molar-refractivity contribution in [2.75, 3.05) is 4.90 Å². The van der Waals surface area contributed by atoms with Crippen molar-refractivity contribution in [1.82, 2.24) is 4.57 Å². The lowest BCUT2D eigenvalue weighted by atomic mass is 9.93. The van der Waals surface area contributed by atoms with Crippen molar-refractivity contribution in [2.45, 2.75) is 39.5 Å². The molecule has 11 rings (SSSR count). The summed E-state index contributed by atoms with van der Waals surface area (Å²) < 4.78 is 2.39. The summed E-state index contributed by atoms with van der Waals surface area (Å²) in [4.78, 5) is 2.40. The van der Waals surface area contributed by atoms with E-state index in [-0.39, 0.29) is 0 Å². The lowest BCUT2D eigenvalue weighted by Gasteiger charge is -2.27. The Morgan fingerprint density at radius 3 is 1.94 bits per heavy atom. The van der Waals surface area contributed by atoms with Crippen molar-refractivity contribution in [2.24, 2.45) is 0 Å². The topological polar surface area (TPSA) is 8.17 Å². The minimum atomic E-state index is 0.879. The van der Waals surface area contributed by atoms with Gasteiger partial charge in [0.05, 0.1) is 11.0 Å². The van der Waals surface area contributed by atoms with Gasteiger partial charge in [-0.3, -0.25) is 0 Å². The van der Waals surface area contributed by atoms with E-state index in [0.29, 0.717) is 0 Å². The summed E-state index contributed by atoms with van der Waals surface area (Å²) in [5.41, 5.74) is 21.8. The van der Waals surface area contributed by atoms with Gasteiger partial charge in [-0.15, -0.1) is 0 Å². The third-order valence-corrected chi connectivity index (χ3v) is 13.8. The van der Waals surface area contributed by atoms with E-state index in [9.17, 15) is 0 Å². The van der Waals surface area contributed by atoms with Crippen LogP contribution in [0, 0.1) is 0 Å². The zero-order valence-electron chi connectivity index (χ0n) is 40.0. The fourth-order valence-electron chi connectivity index (χ4n) is 10.5. The molecule has 0 saturated heterocycles. The summed E-state index contributed by atoms with van der Waals surface area (Å²) in [6.07, 6.45) is 26.9. The van der Waals surface area contributed by atoms with Crippen LogP contribution in [0.4, 0.5) is 11.4 Å². The number of hydrogen-bond acceptors (Lipinski definition) is 1. The molecule has 9 aromatic rings. The normalized spacial score (nSPS) is 14.1. The van der Waals surface area contributed by atoms with E-state index in [1.54, 1.807) is 0 Å². The predicted octanol–water partition coefficient (Wildman–Crippen LogP) is 18.6. The van der Waals surface area contributed by atoms with Crippen LogP contribution in [0.15, 0.2) is 255 Å². The number of benzene rings is 8. The Labute approximate surface area is 413 Å². The van der Waals surface area contributed by atoms with E-state index in [0.717, 1.165) is 53.2 Å². The monoisotopic (exact) mass is 900 g/mol. The Hall–Kier alpha value is -8.46. The molecule has 0 fully saturated rings. The van der Waals surface area contributed by atoms with E-state index in [4.69, 9.17) is 0 Å². The van der Waals surface area contributed by atoms with Gasteiger partial charge in [-0.05, 0) is 167 Å². The van der Waals surface area contributed by atoms with Gasteiger partial charge in [0.25, 0.3) is 0 Å². The maximum atomic E-state index is 2.40. The van der Waals surface area contributed by atoms with E-state index in [1.807, 2.05) is 0 Å². The molecule has 2 aliphatic carbocycles. The van der Waals surface area contributed by atoms with Gasteiger partial charge < -0.3 is 9.47 Å². The van der Waals surface area contributed by atoms with Crippen molar-refractivity contribution >= 4 is 56.0 Å². The molecule has 70 heavy (non-hydrogen) atoms. The zero-order valence-corrected chi connectivity index (χ0v) is 40.0. The number of para-hydroxylation sites is 2. The molecule has 0 amide bonds. The van der Waals surface area contributed by atoms with Crippen LogP contribution >= 0.6 is 0 Å². The number of anilines is 2. The minimum absolute atomic E-state index is 0.879. The van der Waals surface area contributed by atoms with Gasteiger partial charge >= 0.3 is 0 Å². The van der Waals surface area contributed by atoms with Gasteiger partial charge in [0.1, 0.15) is 0 Å². The smallest absolute Gasteiger partial charge is 0.0547 e. The first-order valence-electron chi connectivity index (χ1n) is 24.7. The predicted molar refractivity (Wildman–Crippen MR) is 301 cm³/mol. The molecule has 0 spiro atoms. The number of hydrogen-bond donors (Lipinski definition) is 0. The van der Waals surface area contributed by atoms with Crippen LogP contribution in [0.5, 0.6) is 0 Å². The summed E-state index contributed by atoms with van der Waals surface area (Å²) in [7, 11) is 0. The molecule has 1 aromatic heterocycles. The third kappa shape index (κ3) is 8.89. The van der Waals surface area contributed by atoms with Crippen LogP contribution in [0.1, 0.15) is 60.9 Å². The highest BCUT2D eigenvalue weighted by molar-refractivity contribution is 6.16. The van der Waals surface area contributed by atoms with Gasteiger partial charge in [0.2, 0.25) is 0 Å². The molecule has 1 heterocycles. The SMILES string of the molecule is C\C=C/C=C(\C=C(/C)N(c1ccc(C2=CCC=C(c3ccccc3)C=C2)cc1)c1ccc(-c2cccc3c2CCCC=C3)cc1)c1cccc(-c2cccc3c2c2ccccc2n3-c2ccccc2)c1. The molecule has 0 radical (unpaired) electrons. The van der Waals surface area contributed by atoms with E-state index < -0.39 is 0 Å². The standard InChI is InChI=1S/C68H56N2/c1-3-4-20-56(57-27-17-28-58(48-57)64-34-19-36-67-68(64)65-32-14-15-35-66(65)70(67)59-29-11-7-12-30-59)47-49(2)69(61-45-41-55(42-46-61)63-33-18-26-54-23-10-6-13-31-62(54)63)60-43-39-53(40-44-60)52-25-16-24-51(37-38-52)50-21-8-5-9-22-50/h3-5,7-12,14-15,17-30,32-48H,6,13,16,31H2,1-2H3/b4-3-,49-47+,56-20+. The number of fused-ring (bicyclic) bond motifs is 4. The third-order valence-electron chi connectivity index (χ3n) is 13.8. The number of allylic oxidation sites excluding steroid dienone is 13. The van der Waals surface area contributed by atoms with Crippen LogP contribution in [-0.2, 0) is 6.42 Å². The Morgan fingerprint density at radius 1 is 0.557 bits per heavy atom. The van der Waals surface area contributed by atoms with Gasteiger partial charge in [-0.1, -0.05) is 194 Å². The molecule has 0 bridgehead atoms. The van der Waals surface area contributed by atoms with Crippen LogP contribution in [0.3, 0.4) is 0 Å². The molecule has 8 aromatic carbocycles. The van der Waals surface area contributed by atoms with Crippen LogP contribution in [0.25, 0.3) is 72.5 Å². The van der Waals surface area contributed by atoms with Crippen molar-refractivity contribution < 1.29 is 0 Å². The molecule has 0 aliphatic heterocycles. The quantitative estimate of drug-likeness (QED) is 0.117. The largest absolute Gasteiger partial charge is 0.314 e. The van der Waals surface area contributed by atoms with Gasteiger partial charge in [-0.25, -0.2) is 0 Å². The lowest BCUT2D eigenvalue weighted by molar-refractivity contribution is 0.853. The molecule has 338 valence electrons. The molecular weight excluding hydrogens is 845 g/mol. The fraction of sp³-hybridized carbons (Fsp3) is 0.0882. The summed E-state index contributed by atoms with van der Waals surface area (Å²) in [6.45, 7) is 4.32. The molecule has 2 aliphatic rings. The van der Waals surface area contributed by atoms with E-state index >= 15 is 0 Å². The Morgan fingerprint density at radius 2 is 1.19 bits per heavy atom. The van der Waals surface area contributed by atoms with E-state index in [1.165, 1.54) is 83.9 Å². The second kappa shape index (κ2) is 20.0. The van der Waals surface area contributed by atoms with Crippen LogP contribution < -0.4 is 4.90 Å². The van der Waals surface area contributed by atoms with E-state index in [2.05, 4.69) is 278 Å². The Kier molecular flexibility index (Phi) is 12.6. The lowest BCUT2D eigenvalue weighted by Crippen LogP contribution is -2.14. The Bertz CT molecular complexity index is 3570. The first-order valence-corrected chi connectivity index (χ1v) is 24.7. The molecule has 0 atom stereocenters. The van der Waals surface area contributed by atoms with Gasteiger partial charge in [0, 0.05) is 33.5 Å². The first-order chi connectivity index (χ1) is 34.6. The van der Waals surface area contributed by atoms with Gasteiger partial charge in [-0.2, -0.15) is 0 Å². The summed E-state index contributed by atoms with van der Waals surface area (Å²) >= 11 is 0. The highest BCUT2D eigenvalue weighted by Gasteiger charge is 2.19. The average Bonchev–Trinajstić information content (AvgIpc) is 3.59. The average molecular weight is 901 g/mol. The number of rotatable bonds is 11. The van der Waals surface area contributed by atoms with Gasteiger partial charge in [0.15, 0.2) is 0 Å². The maximum Gasteiger partial charge on any atom is 0.0547 e.